The number of carbonyl (C=O) groups excluding carboxylic acids is 1. The van der Waals surface area contributed by atoms with E-state index in [4.69, 9.17) is 9.47 Å². The Morgan fingerprint density at radius 3 is 2.53 bits per heavy atom. The zero-order valence-corrected chi connectivity index (χ0v) is 17.7. The van der Waals surface area contributed by atoms with E-state index in [0.717, 1.165) is 11.1 Å². The van der Waals surface area contributed by atoms with Gasteiger partial charge in [-0.3, -0.25) is 4.79 Å². The van der Waals surface area contributed by atoms with Crippen LogP contribution in [-0.2, 0) is 11.3 Å². The lowest BCUT2D eigenvalue weighted by Crippen LogP contribution is -2.20. The number of benzene rings is 3. The van der Waals surface area contributed by atoms with Crippen molar-refractivity contribution in [2.45, 2.75) is 13.5 Å². The van der Waals surface area contributed by atoms with E-state index in [9.17, 15) is 9.59 Å². The molecule has 0 N–H and O–H groups in total. The molecule has 0 spiro atoms. The molecule has 0 unspecified atom stereocenters. The minimum atomic E-state index is -0.382. The number of para-hydroxylation sites is 2. The Balaban J connectivity index is 1.55. The SMILES string of the molecule is COC(=O)c1ccc(COc2ccccc2C=Nn2c(C)nc3ccccc3c2=O)cc1. The number of hydrogen-bond donors (Lipinski definition) is 0. The van der Waals surface area contributed by atoms with E-state index in [0.29, 0.717) is 34.6 Å². The third-order valence-electron chi connectivity index (χ3n) is 4.92. The second kappa shape index (κ2) is 9.26. The minimum Gasteiger partial charge on any atom is -0.488 e. The van der Waals surface area contributed by atoms with Crippen LogP contribution in [0.15, 0.2) is 82.7 Å². The van der Waals surface area contributed by atoms with Gasteiger partial charge in [0.1, 0.15) is 18.2 Å². The van der Waals surface area contributed by atoms with Crippen LogP contribution in [0.2, 0.25) is 0 Å². The standard InChI is InChI=1S/C25H21N3O4/c1-17-27-22-9-5-4-8-21(22)24(29)28(17)26-15-20-7-3-6-10-23(20)32-16-18-11-13-19(14-12-18)25(30)31-2/h3-15H,16H2,1-2H3. The molecule has 0 bridgehead atoms. The molecule has 0 saturated heterocycles. The van der Waals surface area contributed by atoms with Crippen molar-refractivity contribution in [3.8, 4) is 5.75 Å². The number of aryl methyl sites for hydroxylation is 1. The first-order chi connectivity index (χ1) is 15.6. The van der Waals surface area contributed by atoms with Crippen LogP contribution in [0.4, 0.5) is 0 Å². The summed E-state index contributed by atoms with van der Waals surface area (Å²) < 4.78 is 12.0. The lowest BCUT2D eigenvalue weighted by Gasteiger charge is -2.10. The predicted octanol–water partition coefficient (Wildman–Crippen LogP) is 3.95. The molecule has 3 aromatic carbocycles. The van der Waals surface area contributed by atoms with Crippen molar-refractivity contribution in [2.24, 2.45) is 5.10 Å². The van der Waals surface area contributed by atoms with E-state index in [1.54, 1.807) is 43.5 Å². The van der Waals surface area contributed by atoms with Crippen molar-refractivity contribution >= 4 is 23.1 Å². The molecule has 0 fully saturated rings. The molecule has 4 rings (SSSR count). The van der Waals surface area contributed by atoms with Crippen molar-refractivity contribution in [1.29, 1.82) is 0 Å². The summed E-state index contributed by atoms with van der Waals surface area (Å²) in [6.07, 6.45) is 1.58. The number of rotatable bonds is 6. The van der Waals surface area contributed by atoms with Crippen LogP contribution >= 0.6 is 0 Å². The Morgan fingerprint density at radius 2 is 1.75 bits per heavy atom. The maximum Gasteiger partial charge on any atom is 0.337 e. The summed E-state index contributed by atoms with van der Waals surface area (Å²) in [4.78, 5) is 28.8. The second-order valence-electron chi connectivity index (χ2n) is 7.05. The minimum absolute atomic E-state index is 0.228. The third kappa shape index (κ3) is 4.41. The van der Waals surface area contributed by atoms with Crippen molar-refractivity contribution in [2.75, 3.05) is 7.11 Å². The van der Waals surface area contributed by atoms with Gasteiger partial charge in [0.05, 0.1) is 29.8 Å². The van der Waals surface area contributed by atoms with Gasteiger partial charge in [-0.15, -0.1) is 0 Å². The molecule has 0 saturated carbocycles. The first kappa shape index (κ1) is 21.0. The molecule has 1 aromatic heterocycles. The van der Waals surface area contributed by atoms with Gasteiger partial charge in [-0.1, -0.05) is 36.4 Å². The highest BCUT2D eigenvalue weighted by atomic mass is 16.5. The second-order valence-corrected chi connectivity index (χ2v) is 7.05. The summed E-state index contributed by atoms with van der Waals surface area (Å²) >= 11 is 0. The van der Waals surface area contributed by atoms with E-state index in [-0.39, 0.29) is 11.5 Å². The molecule has 0 aliphatic carbocycles. The Labute approximate surface area is 184 Å². The van der Waals surface area contributed by atoms with Crippen LogP contribution in [0.3, 0.4) is 0 Å². The van der Waals surface area contributed by atoms with Gasteiger partial charge in [0.2, 0.25) is 0 Å². The number of methoxy groups -OCH3 is 1. The van der Waals surface area contributed by atoms with Crippen molar-refractivity contribution in [3.63, 3.8) is 0 Å². The molecule has 0 aliphatic rings. The largest absolute Gasteiger partial charge is 0.488 e. The quantitative estimate of drug-likeness (QED) is 0.344. The van der Waals surface area contributed by atoms with Crippen LogP contribution in [0.5, 0.6) is 5.75 Å². The zero-order chi connectivity index (χ0) is 22.5. The van der Waals surface area contributed by atoms with Gasteiger partial charge < -0.3 is 9.47 Å². The maximum atomic E-state index is 12.8. The number of ether oxygens (including phenoxy) is 2. The number of nitrogens with zero attached hydrogens (tertiary/aromatic N) is 3. The highest BCUT2D eigenvalue weighted by molar-refractivity contribution is 5.89. The molecule has 7 nitrogen and oxygen atoms in total. The normalized spacial score (nSPS) is 11.1. The lowest BCUT2D eigenvalue weighted by molar-refractivity contribution is 0.0600. The lowest BCUT2D eigenvalue weighted by atomic mass is 10.1. The fraction of sp³-hybridized carbons (Fsp3) is 0.120. The fourth-order valence-electron chi connectivity index (χ4n) is 3.23. The van der Waals surface area contributed by atoms with Crippen LogP contribution < -0.4 is 10.3 Å². The number of aromatic nitrogens is 2. The molecule has 7 heteroatoms. The van der Waals surface area contributed by atoms with Gasteiger partial charge in [-0.2, -0.15) is 9.78 Å². The average Bonchev–Trinajstić information content (AvgIpc) is 2.83. The number of hydrogen-bond acceptors (Lipinski definition) is 6. The summed E-state index contributed by atoms with van der Waals surface area (Å²) in [7, 11) is 1.35. The van der Waals surface area contributed by atoms with Crippen molar-refractivity contribution in [1.82, 2.24) is 9.66 Å². The van der Waals surface area contributed by atoms with E-state index in [2.05, 4.69) is 10.1 Å². The summed E-state index contributed by atoms with van der Waals surface area (Å²) in [5.74, 6) is 0.731. The molecule has 4 aromatic rings. The van der Waals surface area contributed by atoms with Gasteiger partial charge in [-0.05, 0) is 48.9 Å². The van der Waals surface area contributed by atoms with E-state index in [1.165, 1.54) is 11.8 Å². The van der Waals surface area contributed by atoms with Crippen LogP contribution in [0.25, 0.3) is 10.9 Å². The van der Waals surface area contributed by atoms with Gasteiger partial charge in [0.15, 0.2) is 0 Å². The van der Waals surface area contributed by atoms with Gasteiger partial charge >= 0.3 is 5.97 Å². The van der Waals surface area contributed by atoms with Gasteiger partial charge in [-0.25, -0.2) is 9.78 Å². The van der Waals surface area contributed by atoms with Crippen LogP contribution in [0.1, 0.15) is 27.3 Å². The van der Waals surface area contributed by atoms with Crippen LogP contribution in [0, 0.1) is 6.92 Å². The fourth-order valence-corrected chi connectivity index (χ4v) is 3.23. The highest BCUT2D eigenvalue weighted by Crippen LogP contribution is 2.18. The maximum absolute atomic E-state index is 12.8. The Bertz CT molecular complexity index is 1360. The van der Waals surface area contributed by atoms with E-state index in [1.807, 2.05) is 42.5 Å². The molecule has 0 aliphatic heterocycles. The molecule has 32 heavy (non-hydrogen) atoms. The topological polar surface area (TPSA) is 82.8 Å². The van der Waals surface area contributed by atoms with E-state index < -0.39 is 0 Å². The number of esters is 1. The molecular formula is C25H21N3O4. The third-order valence-corrected chi connectivity index (χ3v) is 4.92. The Kier molecular flexibility index (Phi) is 6.07. The Morgan fingerprint density at radius 1 is 1.03 bits per heavy atom. The Hall–Kier alpha value is -4.26. The summed E-state index contributed by atoms with van der Waals surface area (Å²) in [5.41, 5.74) is 2.51. The molecule has 0 radical (unpaired) electrons. The zero-order valence-electron chi connectivity index (χ0n) is 17.7. The number of fused-ring (bicyclic) bond motifs is 1. The molecule has 1 heterocycles. The van der Waals surface area contributed by atoms with Crippen molar-refractivity contribution in [3.05, 3.63) is 106 Å². The summed E-state index contributed by atoms with van der Waals surface area (Å²) in [6.45, 7) is 2.05. The predicted molar refractivity (Wildman–Crippen MR) is 122 cm³/mol. The van der Waals surface area contributed by atoms with Gasteiger partial charge in [0.25, 0.3) is 5.56 Å². The van der Waals surface area contributed by atoms with Gasteiger partial charge in [0, 0.05) is 5.56 Å². The van der Waals surface area contributed by atoms with Crippen LogP contribution in [-0.4, -0.2) is 29.0 Å². The molecule has 0 amide bonds. The molecular weight excluding hydrogens is 406 g/mol. The summed E-state index contributed by atoms with van der Waals surface area (Å²) in [6, 6.07) is 21.6. The summed E-state index contributed by atoms with van der Waals surface area (Å²) in [5, 5.41) is 4.88. The van der Waals surface area contributed by atoms with Crippen molar-refractivity contribution < 1.29 is 14.3 Å². The molecule has 160 valence electrons. The average molecular weight is 427 g/mol. The number of carbonyl (C=O) groups is 1. The monoisotopic (exact) mass is 427 g/mol. The van der Waals surface area contributed by atoms with E-state index >= 15 is 0 Å². The highest BCUT2D eigenvalue weighted by Gasteiger charge is 2.08. The first-order valence-electron chi connectivity index (χ1n) is 9.98. The first-order valence-corrected chi connectivity index (χ1v) is 9.98. The molecule has 0 atom stereocenters. The smallest absolute Gasteiger partial charge is 0.337 e.